The Hall–Kier alpha value is -2.18. The van der Waals surface area contributed by atoms with Crippen molar-refractivity contribution in [3.8, 4) is 5.75 Å². The Bertz CT molecular complexity index is 643. The maximum atomic E-state index is 11.2. The van der Waals surface area contributed by atoms with E-state index in [0.29, 0.717) is 36.5 Å². The van der Waals surface area contributed by atoms with Crippen molar-refractivity contribution < 1.29 is 19.4 Å². The maximum absolute atomic E-state index is 11.2. The van der Waals surface area contributed by atoms with Crippen LogP contribution in [0.1, 0.15) is 10.4 Å². The molecule has 2 aromatic rings. The molecule has 1 aromatic carbocycles. The molecule has 1 N–H and O–H groups in total. The van der Waals surface area contributed by atoms with Gasteiger partial charge >= 0.3 is 5.97 Å². The summed E-state index contributed by atoms with van der Waals surface area (Å²) in [7, 11) is 3.98. The molecule has 0 atom stereocenters. The number of ether oxygens (including phenoxy) is 2. The van der Waals surface area contributed by atoms with E-state index in [2.05, 4.69) is 4.98 Å². The number of benzene rings is 1. The van der Waals surface area contributed by atoms with Crippen LogP contribution in [-0.2, 0) is 4.74 Å². The molecule has 0 amide bonds. The van der Waals surface area contributed by atoms with Crippen molar-refractivity contribution in [3.05, 3.63) is 36.0 Å². The van der Waals surface area contributed by atoms with Crippen LogP contribution in [0, 0.1) is 0 Å². The van der Waals surface area contributed by atoms with Gasteiger partial charge in [-0.1, -0.05) is 0 Å². The minimum atomic E-state index is -0.975. The van der Waals surface area contributed by atoms with E-state index in [4.69, 9.17) is 9.47 Å². The average molecular weight is 304 g/mol. The minimum absolute atomic E-state index is 0.220. The van der Waals surface area contributed by atoms with Gasteiger partial charge in [0.2, 0.25) is 0 Å². The highest BCUT2D eigenvalue weighted by atomic mass is 16.5. The normalized spacial score (nSPS) is 11.0. The number of carboxylic acid groups (broad SMARTS) is 1. The molecule has 0 saturated heterocycles. The monoisotopic (exact) mass is 304 g/mol. The lowest BCUT2D eigenvalue weighted by Gasteiger charge is -2.11. The van der Waals surface area contributed by atoms with E-state index in [1.165, 1.54) is 12.3 Å². The zero-order valence-corrected chi connectivity index (χ0v) is 12.8. The predicted octanol–water partition coefficient (Wildman–Crippen LogP) is 1.89. The van der Waals surface area contributed by atoms with Crippen molar-refractivity contribution in [1.29, 1.82) is 0 Å². The highest BCUT2D eigenvalue weighted by Crippen LogP contribution is 2.22. The third-order valence-electron chi connectivity index (χ3n) is 3.12. The number of rotatable bonds is 8. The number of hydrogen-bond acceptors (Lipinski definition) is 5. The standard InChI is InChI=1S/C16H20N2O4/c1-18(2)7-8-21-9-10-22-12-3-4-15-14(11-12)13(16(19)20)5-6-17-15/h3-6,11H,7-10H2,1-2H3,(H,19,20). The number of likely N-dealkylation sites (N-methyl/N-ethyl adjacent to an activating group) is 1. The molecular formula is C16H20N2O4. The first-order valence-corrected chi connectivity index (χ1v) is 7.05. The quantitative estimate of drug-likeness (QED) is 0.751. The van der Waals surface area contributed by atoms with Crippen LogP contribution in [-0.4, -0.2) is 61.4 Å². The first-order valence-electron chi connectivity index (χ1n) is 7.05. The maximum Gasteiger partial charge on any atom is 0.336 e. The van der Waals surface area contributed by atoms with Crippen LogP contribution in [0.3, 0.4) is 0 Å². The molecule has 0 aliphatic rings. The van der Waals surface area contributed by atoms with Crippen LogP contribution in [0.4, 0.5) is 0 Å². The van der Waals surface area contributed by atoms with Gasteiger partial charge in [-0.15, -0.1) is 0 Å². The molecule has 2 rings (SSSR count). The summed E-state index contributed by atoms with van der Waals surface area (Å²) in [4.78, 5) is 17.4. The Balaban J connectivity index is 1.95. The Labute approximate surface area is 129 Å². The molecule has 0 aliphatic heterocycles. The summed E-state index contributed by atoms with van der Waals surface area (Å²) in [6.07, 6.45) is 1.49. The SMILES string of the molecule is CN(C)CCOCCOc1ccc2nccc(C(=O)O)c2c1. The smallest absolute Gasteiger partial charge is 0.336 e. The number of carbonyl (C=O) groups is 1. The van der Waals surface area contributed by atoms with Gasteiger partial charge in [0.05, 0.1) is 24.3 Å². The summed E-state index contributed by atoms with van der Waals surface area (Å²) >= 11 is 0. The number of pyridine rings is 1. The van der Waals surface area contributed by atoms with Crippen LogP contribution in [0.5, 0.6) is 5.75 Å². The van der Waals surface area contributed by atoms with Gasteiger partial charge in [0.15, 0.2) is 0 Å². The van der Waals surface area contributed by atoms with Gasteiger partial charge in [0.25, 0.3) is 0 Å². The van der Waals surface area contributed by atoms with E-state index in [1.54, 1.807) is 18.2 Å². The molecule has 6 nitrogen and oxygen atoms in total. The lowest BCUT2D eigenvalue weighted by atomic mass is 10.1. The summed E-state index contributed by atoms with van der Waals surface area (Å²) in [6, 6.07) is 6.72. The van der Waals surface area contributed by atoms with Gasteiger partial charge in [0, 0.05) is 18.1 Å². The summed E-state index contributed by atoms with van der Waals surface area (Å²) in [5, 5.41) is 9.77. The van der Waals surface area contributed by atoms with Gasteiger partial charge in [-0.05, 0) is 38.4 Å². The number of nitrogens with zero attached hydrogens (tertiary/aromatic N) is 2. The fourth-order valence-electron chi connectivity index (χ4n) is 1.97. The van der Waals surface area contributed by atoms with E-state index < -0.39 is 5.97 Å². The number of fused-ring (bicyclic) bond motifs is 1. The molecule has 0 unspecified atom stereocenters. The Kier molecular flexibility index (Phi) is 5.68. The third-order valence-corrected chi connectivity index (χ3v) is 3.12. The number of hydrogen-bond donors (Lipinski definition) is 1. The van der Waals surface area contributed by atoms with Crippen LogP contribution < -0.4 is 4.74 Å². The second-order valence-electron chi connectivity index (χ2n) is 5.11. The van der Waals surface area contributed by atoms with Crippen molar-refractivity contribution in [1.82, 2.24) is 9.88 Å². The molecule has 118 valence electrons. The van der Waals surface area contributed by atoms with E-state index >= 15 is 0 Å². The Morgan fingerprint density at radius 3 is 2.77 bits per heavy atom. The molecule has 0 spiro atoms. The third kappa shape index (κ3) is 4.41. The number of aromatic carboxylic acids is 1. The second kappa shape index (κ2) is 7.72. The van der Waals surface area contributed by atoms with Crippen molar-refractivity contribution in [3.63, 3.8) is 0 Å². The number of carboxylic acids is 1. The van der Waals surface area contributed by atoms with Crippen molar-refractivity contribution >= 4 is 16.9 Å². The van der Waals surface area contributed by atoms with Gasteiger partial charge in [-0.25, -0.2) is 4.79 Å². The van der Waals surface area contributed by atoms with E-state index in [0.717, 1.165) is 6.54 Å². The molecular weight excluding hydrogens is 284 g/mol. The predicted molar refractivity (Wildman–Crippen MR) is 83.6 cm³/mol. The molecule has 0 fully saturated rings. The molecule has 1 heterocycles. The summed E-state index contributed by atoms with van der Waals surface area (Å²) in [6.45, 7) is 2.43. The summed E-state index contributed by atoms with van der Waals surface area (Å²) in [5.41, 5.74) is 0.854. The second-order valence-corrected chi connectivity index (χ2v) is 5.11. The highest BCUT2D eigenvalue weighted by molar-refractivity contribution is 6.02. The Morgan fingerprint density at radius 2 is 2.05 bits per heavy atom. The first-order chi connectivity index (χ1) is 10.6. The number of aromatic nitrogens is 1. The van der Waals surface area contributed by atoms with E-state index in [1.807, 2.05) is 19.0 Å². The van der Waals surface area contributed by atoms with E-state index in [-0.39, 0.29) is 5.56 Å². The van der Waals surface area contributed by atoms with Crippen LogP contribution in [0.25, 0.3) is 10.9 Å². The van der Waals surface area contributed by atoms with Crippen molar-refractivity contribution in [2.75, 3.05) is 40.5 Å². The van der Waals surface area contributed by atoms with Crippen LogP contribution in [0.15, 0.2) is 30.5 Å². The highest BCUT2D eigenvalue weighted by Gasteiger charge is 2.09. The van der Waals surface area contributed by atoms with Crippen molar-refractivity contribution in [2.45, 2.75) is 0 Å². The van der Waals surface area contributed by atoms with Crippen LogP contribution >= 0.6 is 0 Å². The molecule has 0 aliphatic carbocycles. The first kappa shape index (κ1) is 16.2. The molecule has 0 saturated carbocycles. The largest absolute Gasteiger partial charge is 0.491 e. The van der Waals surface area contributed by atoms with Gasteiger partial charge in [-0.3, -0.25) is 4.98 Å². The van der Waals surface area contributed by atoms with Crippen LogP contribution in [0.2, 0.25) is 0 Å². The van der Waals surface area contributed by atoms with Gasteiger partial charge in [0.1, 0.15) is 12.4 Å². The van der Waals surface area contributed by atoms with Gasteiger partial charge < -0.3 is 19.5 Å². The minimum Gasteiger partial charge on any atom is -0.491 e. The molecule has 0 bridgehead atoms. The zero-order chi connectivity index (χ0) is 15.9. The van der Waals surface area contributed by atoms with Gasteiger partial charge in [-0.2, -0.15) is 0 Å². The summed E-state index contributed by atoms with van der Waals surface area (Å²) < 4.78 is 11.0. The molecule has 0 radical (unpaired) electrons. The molecule has 1 aromatic heterocycles. The Morgan fingerprint density at radius 1 is 1.23 bits per heavy atom. The summed E-state index contributed by atoms with van der Waals surface area (Å²) in [5.74, 6) is -0.365. The fraction of sp³-hybridized carbons (Fsp3) is 0.375. The lowest BCUT2D eigenvalue weighted by Crippen LogP contribution is -2.19. The molecule has 22 heavy (non-hydrogen) atoms. The average Bonchev–Trinajstić information content (AvgIpc) is 2.49. The van der Waals surface area contributed by atoms with Crippen molar-refractivity contribution in [2.24, 2.45) is 0 Å². The topological polar surface area (TPSA) is 71.9 Å². The van der Waals surface area contributed by atoms with E-state index in [9.17, 15) is 9.90 Å². The lowest BCUT2D eigenvalue weighted by molar-refractivity contribution is 0.0699. The fourth-order valence-corrected chi connectivity index (χ4v) is 1.97. The molecule has 6 heteroatoms. The zero-order valence-electron chi connectivity index (χ0n) is 12.8.